The molecule has 38 heavy (non-hydrogen) atoms. The molecule has 2 aromatic rings. The highest BCUT2D eigenvalue weighted by Gasteiger charge is 2.32. The first-order valence-electron chi connectivity index (χ1n) is 13.1. The molecule has 1 heterocycles. The standard InChI is InChI=1S/C28H41NO8S/c1-6-12-36-28-25(35-13-8-11-29)17-20(18-26(28)38(30,31)14-7-2)22-10-9-21(37-22)19-15-23(32-3)27(34-5)24(16-19)33-4/h15-18,21-22H,6-14,29H2,1-5H3/t21-,22-/m0/s1. The zero-order valence-electron chi connectivity index (χ0n) is 23.1. The van der Waals surface area contributed by atoms with Gasteiger partial charge in [0.25, 0.3) is 0 Å². The Morgan fingerprint density at radius 1 is 0.816 bits per heavy atom. The molecule has 2 aromatic carbocycles. The molecule has 1 fully saturated rings. The minimum Gasteiger partial charge on any atom is -0.493 e. The quantitative estimate of drug-likeness (QED) is 0.305. The van der Waals surface area contributed by atoms with Crippen molar-refractivity contribution in [1.29, 1.82) is 0 Å². The van der Waals surface area contributed by atoms with Crippen LogP contribution in [0.1, 0.15) is 69.3 Å². The van der Waals surface area contributed by atoms with Gasteiger partial charge in [0.2, 0.25) is 5.75 Å². The number of hydrogen-bond donors (Lipinski definition) is 1. The van der Waals surface area contributed by atoms with Gasteiger partial charge >= 0.3 is 0 Å². The SMILES string of the molecule is CCCOc1c(OCCCN)cc([C@@H]2CC[C@@H](c3cc(OC)c(OC)c(OC)c3)O2)cc1S(=O)(=O)CCC. The van der Waals surface area contributed by atoms with E-state index in [9.17, 15) is 8.42 Å². The van der Waals surface area contributed by atoms with Crippen LogP contribution in [0.25, 0.3) is 0 Å². The fourth-order valence-electron chi connectivity index (χ4n) is 4.53. The van der Waals surface area contributed by atoms with Crippen molar-refractivity contribution in [3.05, 3.63) is 35.4 Å². The zero-order chi connectivity index (χ0) is 27.7. The summed E-state index contributed by atoms with van der Waals surface area (Å²) in [6.07, 6.45) is 2.74. The van der Waals surface area contributed by atoms with E-state index in [-0.39, 0.29) is 28.6 Å². The van der Waals surface area contributed by atoms with Gasteiger partial charge in [-0.3, -0.25) is 0 Å². The summed E-state index contributed by atoms with van der Waals surface area (Å²) in [4.78, 5) is 0.146. The van der Waals surface area contributed by atoms with Crippen LogP contribution in [0.4, 0.5) is 0 Å². The lowest BCUT2D eigenvalue weighted by atomic mass is 10.0. The third-order valence-corrected chi connectivity index (χ3v) is 8.28. The Kier molecular flexibility index (Phi) is 10.9. The molecule has 0 saturated carbocycles. The highest BCUT2D eigenvalue weighted by Crippen LogP contribution is 2.48. The number of methoxy groups -OCH3 is 3. The fourth-order valence-corrected chi connectivity index (χ4v) is 6.04. The van der Waals surface area contributed by atoms with Crippen molar-refractivity contribution in [3.63, 3.8) is 0 Å². The van der Waals surface area contributed by atoms with E-state index < -0.39 is 9.84 Å². The van der Waals surface area contributed by atoms with E-state index in [1.54, 1.807) is 27.4 Å². The third kappa shape index (κ3) is 6.84. The first kappa shape index (κ1) is 29.9. The van der Waals surface area contributed by atoms with Crippen molar-refractivity contribution in [2.24, 2.45) is 5.73 Å². The summed E-state index contributed by atoms with van der Waals surface area (Å²) in [6.45, 7) is 5.02. The first-order chi connectivity index (χ1) is 18.3. The number of rotatable bonds is 15. The van der Waals surface area contributed by atoms with Crippen LogP contribution in [0.3, 0.4) is 0 Å². The van der Waals surface area contributed by atoms with Crippen molar-refractivity contribution < 1.29 is 36.8 Å². The van der Waals surface area contributed by atoms with Crippen molar-refractivity contribution in [3.8, 4) is 28.7 Å². The van der Waals surface area contributed by atoms with Gasteiger partial charge in [0.05, 0.1) is 52.5 Å². The van der Waals surface area contributed by atoms with Crippen LogP contribution < -0.4 is 29.4 Å². The maximum Gasteiger partial charge on any atom is 0.203 e. The second-order valence-corrected chi connectivity index (χ2v) is 11.2. The fraction of sp³-hybridized carbons (Fsp3) is 0.571. The second-order valence-electron chi connectivity index (χ2n) is 9.15. The molecule has 0 aliphatic carbocycles. The number of ether oxygens (including phenoxy) is 6. The van der Waals surface area contributed by atoms with Gasteiger partial charge in [0.1, 0.15) is 4.90 Å². The number of sulfone groups is 1. The van der Waals surface area contributed by atoms with Gasteiger partial charge in [-0.15, -0.1) is 0 Å². The van der Waals surface area contributed by atoms with Crippen LogP contribution >= 0.6 is 0 Å². The summed E-state index contributed by atoms with van der Waals surface area (Å²) in [7, 11) is 1.11. The van der Waals surface area contributed by atoms with E-state index in [1.807, 2.05) is 32.0 Å². The summed E-state index contributed by atoms with van der Waals surface area (Å²) >= 11 is 0. The molecule has 1 aliphatic heterocycles. The smallest absolute Gasteiger partial charge is 0.203 e. The molecule has 0 radical (unpaired) electrons. The minimum absolute atomic E-state index is 0.0146. The molecule has 0 bridgehead atoms. The normalized spacial score (nSPS) is 17.3. The number of nitrogens with two attached hydrogens (primary N) is 1. The molecule has 3 rings (SSSR count). The highest BCUT2D eigenvalue weighted by molar-refractivity contribution is 7.91. The average molecular weight is 552 g/mol. The molecule has 212 valence electrons. The molecule has 2 atom stereocenters. The molecule has 0 aromatic heterocycles. The summed E-state index contributed by atoms with van der Waals surface area (Å²) < 4.78 is 61.5. The van der Waals surface area contributed by atoms with Crippen LogP contribution in [-0.2, 0) is 14.6 Å². The maximum absolute atomic E-state index is 13.3. The molecule has 0 unspecified atom stereocenters. The van der Waals surface area contributed by atoms with Gasteiger partial charge in [-0.1, -0.05) is 13.8 Å². The lowest BCUT2D eigenvalue weighted by Gasteiger charge is -2.21. The molecular formula is C28H41NO8S. The Hall–Kier alpha value is -2.69. The predicted octanol–water partition coefficient (Wildman–Crippen LogP) is 5.01. The van der Waals surface area contributed by atoms with E-state index >= 15 is 0 Å². The van der Waals surface area contributed by atoms with Gasteiger partial charge in [-0.2, -0.15) is 0 Å². The Labute approximate surface area is 226 Å². The Morgan fingerprint density at radius 2 is 1.42 bits per heavy atom. The topological polar surface area (TPSA) is 116 Å². The van der Waals surface area contributed by atoms with Crippen molar-refractivity contribution in [2.75, 3.05) is 46.8 Å². The molecular weight excluding hydrogens is 510 g/mol. The number of benzene rings is 2. The predicted molar refractivity (Wildman–Crippen MR) is 146 cm³/mol. The first-order valence-corrected chi connectivity index (χ1v) is 14.8. The van der Waals surface area contributed by atoms with Crippen LogP contribution in [0.2, 0.25) is 0 Å². The Bertz CT molecular complexity index is 1140. The molecule has 9 nitrogen and oxygen atoms in total. The summed E-state index contributed by atoms with van der Waals surface area (Å²) in [6, 6.07) is 7.30. The second kappa shape index (κ2) is 13.9. The molecule has 2 N–H and O–H groups in total. The summed E-state index contributed by atoms with van der Waals surface area (Å²) in [5.74, 6) is 2.30. The zero-order valence-corrected chi connectivity index (χ0v) is 23.9. The van der Waals surface area contributed by atoms with Gasteiger partial charge in [-0.25, -0.2) is 8.42 Å². The van der Waals surface area contributed by atoms with Gasteiger partial charge in [0, 0.05) is 0 Å². The van der Waals surface area contributed by atoms with Crippen molar-refractivity contribution in [2.45, 2.75) is 63.1 Å². The molecule has 0 amide bonds. The van der Waals surface area contributed by atoms with Gasteiger partial charge in [0.15, 0.2) is 32.8 Å². The van der Waals surface area contributed by atoms with Crippen LogP contribution in [0, 0.1) is 0 Å². The van der Waals surface area contributed by atoms with E-state index in [4.69, 9.17) is 34.2 Å². The molecule has 0 spiro atoms. The summed E-state index contributed by atoms with van der Waals surface area (Å²) in [5.41, 5.74) is 7.29. The molecule has 1 aliphatic rings. The van der Waals surface area contributed by atoms with E-state index in [0.29, 0.717) is 62.0 Å². The van der Waals surface area contributed by atoms with Crippen molar-refractivity contribution >= 4 is 9.84 Å². The van der Waals surface area contributed by atoms with E-state index in [0.717, 1.165) is 24.0 Å². The van der Waals surface area contributed by atoms with Gasteiger partial charge in [-0.05, 0) is 74.0 Å². The monoisotopic (exact) mass is 551 g/mol. The average Bonchev–Trinajstić information content (AvgIpc) is 3.41. The minimum atomic E-state index is -3.60. The van der Waals surface area contributed by atoms with Gasteiger partial charge < -0.3 is 34.2 Å². The van der Waals surface area contributed by atoms with Crippen LogP contribution in [0.5, 0.6) is 28.7 Å². The van der Waals surface area contributed by atoms with Crippen LogP contribution in [-0.4, -0.2) is 55.3 Å². The molecule has 1 saturated heterocycles. The third-order valence-electron chi connectivity index (χ3n) is 6.36. The lowest BCUT2D eigenvalue weighted by Crippen LogP contribution is -2.13. The lowest BCUT2D eigenvalue weighted by molar-refractivity contribution is 0.0434. The highest BCUT2D eigenvalue weighted by atomic mass is 32.2. The summed E-state index contributed by atoms with van der Waals surface area (Å²) in [5, 5.41) is 0. The van der Waals surface area contributed by atoms with E-state index in [1.165, 1.54) is 0 Å². The Morgan fingerprint density at radius 3 is 1.95 bits per heavy atom. The van der Waals surface area contributed by atoms with E-state index in [2.05, 4.69) is 0 Å². The van der Waals surface area contributed by atoms with Crippen LogP contribution in [0.15, 0.2) is 29.2 Å². The molecule has 10 heteroatoms. The largest absolute Gasteiger partial charge is 0.493 e. The van der Waals surface area contributed by atoms with Crippen molar-refractivity contribution in [1.82, 2.24) is 0 Å². The number of hydrogen-bond acceptors (Lipinski definition) is 9. The maximum atomic E-state index is 13.3. The Balaban J connectivity index is 2.01.